The van der Waals surface area contributed by atoms with Crippen LogP contribution in [0, 0.1) is 0 Å². The average molecular weight is 569 g/mol. The van der Waals surface area contributed by atoms with Gasteiger partial charge in [-0.15, -0.1) is 0 Å². The molecular formula is C25H24Cl3N3O4S. The first-order valence-corrected chi connectivity index (χ1v) is 13.4. The number of hydrogen-bond donors (Lipinski definition) is 1. The van der Waals surface area contributed by atoms with Gasteiger partial charge in [-0.2, -0.15) is 0 Å². The number of sulfonamides is 1. The summed E-state index contributed by atoms with van der Waals surface area (Å²) in [7, 11) is -2.72. The van der Waals surface area contributed by atoms with Crippen molar-refractivity contribution in [1.82, 2.24) is 10.2 Å². The van der Waals surface area contributed by atoms with Gasteiger partial charge < -0.3 is 10.2 Å². The number of likely N-dealkylation sites (N-methyl/N-ethyl adjacent to an activating group) is 1. The lowest BCUT2D eigenvalue weighted by Gasteiger charge is -2.32. The van der Waals surface area contributed by atoms with E-state index in [0.29, 0.717) is 10.6 Å². The molecule has 3 aromatic rings. The third-order valence-electron chi connectivity index (χ3n) is 5.46. The van der Waals surface area contributed by atoms with Crippen LogP contribution >= 0.6 is 34.8 Å². The SMILES string of the molecule is CNC(=O)[C@H](C)N(Cc1cccc(Cl)c1)C(=O)CN(c1ccc(Cl)c(Cl)c1)S(=O)(=O)c1ccccc1. The average Bonchev–Trinajstić information content (AvgIpc) is 2.87. The second-order valence-corrected chi connectivity index (χ2v) is 11.0. The topological polar surface area (TPSA) is 86.8 Å². The number of carbonyl (C=O) groups excluding carboxylic acids is 2. The molecule has 0 spiro atoms. The molecule has 36 heavy (non-hydrogen) atoms. The zero-order valence-corrected chi connectivity index (χ0v) is 22.6. The smallest absolute Gasteiger partial charge is 0.264 e. The molecule has 0 aliphatic rings. The molecule has 0 saturated carbocycles. The van der Waals surface area contributed by atoms with Crippen molar-refractivity contribution < 1.29 is 18.0 Å². The van der Waals surface area contributed by atoms with Crippen molar-refractivity contribution in [2.75, 3.05) is 17.9 Å². The van der Waals surface area contributed by atoms with Gasteiger partial charge in [-0.1, -0.05) is 65.1 Å². The van der Waals surface area contributed by atoms with E-state index in [4.69, 9.17) is 34.8 Å². The van der Waals surface area contributed by atoms with Gasteiger partial charge in [0.2, 0.25) is 11.8 Å². The number of halogens is 3. The lowest BCUT2D eigenvalue weighted by Crippen LogP contribution is -2.50. The number of nitrogens with one attached hydrogen (secondary N) is 1. The summed E-state index contributed by atoms with van der Waals surface area (Å²) < 4.78 is 28.2. The van der Waals surface area contributed by atoms with Gasteiger partial charge >= 0.3 is 0 Å². The normalized spacial score (nSPS) is 12.0. The van der Waals surface area contributed by atoms with E-state index in [1.807, 2.05) is 0 Å². The van der Waals surface area contributed by atoms with Gasteiger partial charge in [0.1, 0.15) is 12.6 Å². The molecule has 0 radical (unpaired) electrons. The van der Waals surface area contributed by atoms with E-state index in [1.54, 1.807) is 49.4 Å². The second-order valence-electron chi connectivity index (χ2n) is 7.86. The number of amides is 2. The van der Waals surface area contributed by atoms with E-state index in [2.05, 4.69) is 5.32 Å². The Labute approximate surface area is 225 Å². The highest BCUT2D eigenvalue weighted by Crippen LogP contribution is 2.31. The highest BCUT2D eigenvalue weighted by Gasteiger charge is 2.32. The lowest BCUT2D eigenvalue weighted by molar-refractivity contribution is -0.139. The molecule has 0 heterocycles. The molecule has 11 heteroatoms. The molecule has 1 N–H and O–H groups in total. The maximum Gasteiger partial charge on any atom is 0.264 e. The van der Waals surface area contributed by atoms with Gasteiger partial charge in [0, 0.05) is 18.6 Å². The van der Waals surface area contributed by atoms with Gasteiger partial charge in [-0.3, -0.25) is 13.9 Å². The van der Waals surface area contributed by atoms with Crippen molar-refractivity contribution >= 4 is 62.3 Å². The highest BCUT2D eigenvalue weighted by molar-refractivity contribution is 7.92. The molecule has 3 aromatic carbocycles. The third kappa shape index (κ3) is 6.50. The van der Waals surface area contributed by atoms with Gasteiger partial charge in [0.05, 0.1) is 20.6 Å². The van der Waals surface area contributed by atoms with E-state index in [0.717, 1.165) is 4.31 Å². The number of rotatable bonds is 9. The van der Waals surface area contributed by atoms with Crippen LogP contribution in [0.5, 0.6) is 0 Å². The summed E-state index contributed by atoms with van der Waals surface area (Å²) >= 11 is 18.3. The third-order valence-corrected chi connectivity index (χ3v) is 8.22. The summed E-state index contributed by atoms with van der Waals surface area (Å²) in [4.78, 5) is 27.4. The van der Waals surface area contributed by atoms with Crippen LogP contribution in [-0.4, -0.2) is 44.8 Å². The quantitative estimate of drug-likeness (QED) is 0.393. The predicted octanol–water partition coefficient (Wildman–Crippen LogP) is 5.01. The summed E-state index contributed by atoms with van der Waals surface area (Å²) in [6.45, 7) is 1.02. The zero-order chi connectivity index (χ0) is 26.5. The van der Waals surface area contributed by atoms with Crippen molar-refractivity contribution in [3.63, 3.8) is 0 Å². The maximum absolute atomic E-state index is 13.7. The Morgan fingerprint density at radius 3 is 2.22 bits per heavy atom. The summed E-state index contributed by atoms with van der Waals surface area (Å²) in [5.41, 5.74) is 0.829. The monoisotopic (exact) mass is 567 g/mol. The molecule has 190 valence electrons. The fraction of sp³-hybridized carbons (Fsp3) is 0.200. The fourth-order valence-corrected chi connectivity index (χ4v) is 5.44. The Balaban J connectivity index is 2.05. The van der Waals surface area contributed by atoms with Gasteiger partial charge in [-0.25, -0.2) is 8.42 Å². The van der Waals surface area contributed by atoms with Gasteiger partial charge in [0.25, 0.3) is 10.0 Å². The van der Waals surface area contributed by atoms with Crippen LogP contribution in [0.3, 0.4) is 0 Å². The molecule has 0 bridgehead atoms. The summed E-state index contributed by atoms with van der Waals surface area (Å²) in [5, 5.41) is 3.36. The minimum Gasteiger partial charge on any atom is -0.357 e. The van der Waals surface area contributed by atoms with Crippen LogP contribution in [0.25, 0.3) is 0 Å². The van der Waals surface area contributed by atoms with E-state index < -0.39 is 34.4 Å². The van der Waals surface area contributed by atoms with E-state index in [-0.39, 0.29) is 27.2 Å². The number of anilines is 1. The van der Waals surface area contributed by atoms with Crippen LogP contribution in [0.15, 0.2) is 77.7 Å². The van der Waals surface area contributed by atoms with Crippen molar-refractivity contribution in [2.45, 2.75) is 24.4 Å². The standard InChI is InChI=1S/C25H24Cl3N3O4S/c1-17(25(33)29-2)30(15-18-7-6-8-19(26)13-18)24(32)16-31(20-11-12-22(27)23(28)14-20)36(34,35)21-9-4-3-5-10-21/h3-14,17H,15-16H2,1-2H3,(H,29,33)/t17-/m0/s1. The highest BCUT2D eigenvalue weighted by atomic mass is 35.5. The minimum absolute atomic E-state index is 0.00962. The molecule has 3 rings (SSSR count). The Morgan fingerprint density at radius 2 is 1.61 bits per heavy atom. The molecule has 0 aliphatic carbocycles. The molecule has 7 nitrogen and oxygen atoms in total. The van der Waals surface area contributed by atoms with Crippen LogP contribution < -0.4 is 9.62 Å². The Hall–Kier alpha value is -2.78. The Morgan fingerprint density at radius 1 is 0.917 bits per heavy atom. The number of benzene rings is 3. The van der Waals surface area contributed by atoms with Gasteiger partial charge in [0.15, 0.2) is 0 Å². The summed E-state index contributed by atoms with van der Waals surface area (Å²) in [5.74, 6) is -1.01. The van der Waals surface area contributed by atoms with Crippen molar-refractivity contribution in [3.8, 4) is 0 Å². The summed E-state index contributed by atoms with van der Waals surface area (Å²) in [6, 6.07) is 18.0. The van der Waals surface area contributed by atoms with Crippen LogP contribution in [0.2, 0.25) is 15.1 Å². The maximum atomic E-state index is 13.7. The first-order chi connectivity index (χ1) is 17.0. The van der Waals surface area contributed by atoms with Crippen LogP contribution in [0.1, 0.15) is 12.5 Å². The van der Waals surface area contributed by atoms with Crippen molar-refractivity contribution in [3.05, 3.63) is 93.4 Å². The molecule has 0 unspecified atom stereocenters. The molecule has 0 fully saturated rings. The Kier molecular flexibility index (Phi) is 9.24. The number of nitrogens with zero attached hydrogens (tertiary/aromatic N) is 2. The number of hydrogen-bond acceptors (Lipinski definition) is 4. The molecular weight excluding hydrogens is 545 g/mol. The van der Waals surface area contributed by atoms with Crippen molar-refractivity contribution in [2.24, 2.45) is 0 Å². The summed E-state index contributed by atoms with van der Waals surface area (Å²) in [6.07, 6.45) is 0. The van der Waals surface area contributed by atoms with Crippen LogP contribution in [0.4, 0.5) is 5.69 Å². The molecule has 2 amide bonds. The van der Waals surface area contributed by atoms with E-state index >= 15 is 0 Å². The minimum atomic E-state index is -4.18. The Bertz CT molecular complexity index is 1350. The van der Waals surface area contributed by atoms with Gasteiger partial charge in [-0.05, 0) is 55.0 Å². The van der Waals surface area contributed by atoms with Crippen molar-refractivity contribution in [1.29, 1.82) is 0 Å². The fourth-order valence-electron chi connectivity index (χ4n) is 3.51. The lowest BCUT2D eigenvalue weighted by atomic mass is 10.1. The molecule has 0 aromatic heterocycles. The first kappa shape index (κ1) is 27.8. The first-order valence-electron chi connectivity index (χ1n) is 10.8. The predicted molar refractivity (Wildman–Crippen MR) is 143 cm³/mol. The van der Waals surface area contributed by atoms with Crippen LogP contribution in [-0.2, 0) is 26.2 Å². The second kappa shape index (κ2) is 12.0. The van der Waals surface area contributed by atoms with E-state index in [9.17, 15) is 18.0 Å². The largest absolute Gasteiger partial charge is 0.357 e. The molecule has 0 saturated heterocycles. The number of carbonyl (C=O) groups is 2. The zero-order valence-electron chi connectivity index (χ0n) is 19.5. The van der Waals surface area contributed by atoms with E-state index in [1.165, 1.54) is 42.3 Å². The molecule has 1 atom stereocenters. The molecule has 0 aliphatic heterocycles.